The number of H-pyrrole nitrogens is 1. The maximum atomic E-state index is 13.3. The summed E-state index contributed by atoms with van der Waals surface area (Å²) in [4.78, 5) is 0. The first-order chi connectivity index (χ1) is 14.4. The number of rotatable bonds is 9. The number of nitrogens with one attached hydrogen (secondary N) is 2. The van der Waals surface area contributed by atoms with Crippen LogP contribution < -0.4 is 14.9 Å². The van der Waals surface area contributed by atoms with Gasteiger partial charge in [-0.1, -0.05) is 40.5 Å². The first kappa shape index (κ1) is 22.6. The van der Waals surface area contributed by atoms with Gasteiger partial charge in [0.05, 0.1) is 18.7 Å². The Hall–Kier alpha value is -2.10. The highest BCUT2D eigenvalue weighted by Crippen LogP contribution is 2.37. The normalized spacial score (nSPS) is 10.8. The summed E-state index contributed by atoms with van der Waals surface area (Å²) >= 11 is 15.0. The molecule has 3 rings (SSSR count). The van der Waals surface area contributed by atoms with Crippen molar-refractivity contribution in [2.24, 2.45) is 0 Å². The van der Waals surface area contributed by atoms with Crippen LogP contribution in [0.4, 0.5) is 4.39 Å². The fraction of sp³-hybridized carbons (Fsp3) is 0.300. The number of ether oxygens (including phenoxy) is 2. The van der Waals surface area contributed by atoms with Gasteiger partial charge in [-0.2, -0.15) is 5.10 Å². The summed E-state index contributed by atoms with van der Waals surface area (Å²) in [5, 5.41) is 7.37. The molecule has 0 radical (unpaired) electrons. The molecule has 0 saturated carbocycles. The SMILES string of the molecule is CCCc1n[nH]c(=S)n1NCc1c(Br)ccc(OC)c1OCc1ccc(F)cc1Cl. The van der Waals surface area contributed by atoms with Crippen LogP contribution in [0, 0.1) is 10.6 Å². The largest absolute Gasteiger partial charge is 0.493 e. The number of nitrogens with zero attached hydrogens (tertiary/aromatic N) is 2. The summed E-state index contributed by atoms with van der Waals surface area (Å²) < 4.78 is 28.0. The molecule has 0 unspecified atom stereocenters. The van der Waals surface area contributed by atoms with Gasteiger partial charge in [-0.3, -0.25) is 5.10 Å². The predicted molar refractivity (Wildman–Crippen MR) is 121 cm³/mol. The molecule has 6 nitrogen and oxygen atoms in total. The molecule has 30 heavy (non-hydrogen) atoms. The Morgan fingerprint density at radius 3 is 2.83 bits per heavy atom. The Bertz CT molecular complexity index is 1090. The molecule has 0 aliphatic rings. The van der Waals surface area contributed by atoms with Gasteiger partial charge in [-0.05, 0) is 42.9 Å². The van der Waals surface area contributed by atoms with Crippen molar-refractivity contribution in [3.8, 4) is 11.5 Å². The molecule has 2 N–H and O–H groups in total. The molecular weight excluding hydrogens is 495 g/mol. The zero-order valence-corrected chi connectivity index (χ0v) is 19.6. The fourth-order valence-corrected chi connectivity index (χ4v) is 3.79. The number of methoxy groups -OCH3 is 1. The van der Waals surface area contributed by atoms with Crippen LogP contribution >= 0.6 is 39.7 Å². The van der Waals surface area contributed by atoms with E-state index in [9.17, 15) is 4.39 Å². The van der Waals surface area contributed by atoms with Gasteiger partial charge in [0.1, 0.15) is 12.4 Å². The van der Waals surface area contributed by atoms with E-state index < -0.39 is 5.82 Å². The van der Waals surface area contributed by atoms with Crippen LogP contribution in [0.15, 0.2) is 34.8 Å². The van der Waals surface area contributed by atoms with E-state index in [0.29, 0.717) is 33.4 Å². The van der Waals surface area contributed by atoms with Crippen molar-refractivity contribution in [1.29, 1.82) is 0 Å². The van der Waals surface area contributed by atoms with Crippen LogP contribution in [0.2, 0.25) is 5.02 Å². The van der Waals surface area contributed by atoms with Gasteiger partial charge < -0.3 is 14.9 Å². The molecule has 1 aromatic heterocycles. The second-order valence-corrected chi connectivity index (χ2v) is 8.10. The highest BCUT2D eigenvalue weighted by Gasteiger charge is 2.16. The van der Waals surface area contributed by atoms with Crippen LogP contribution in [-0.4, -0.2) is 22.0 Å². The van der Waals surface area contributed by atoms with Gasteiger partial charge in [-0.25, -0.2) is 9.07 Å². The van der Waals surface area contributed by atoms with E-state index in [0.717, 1.165) is 28.7 Å². The Morgan fingerprint density at radius 2 is 2.13 bits per heavy atom. The molecule has 3 aromatic rings. The highest BCUT2D eigenvalue weighted by molar-refractivity contribution is 9.10. The number of halogens is 3. The highest BCUT2D eigenvalue weighted by atomic mass is 79.9. The van der Waals surface area contributed by atoms with Gasteiger partial charge in [0, 0.05) is 22.0 Å². The van der Waals surface area contributed by atoms with E-state index in [1.54, 1.807) is 23.9 Å². The average Bonchev–Trinajstić information content (AvgIpc) is 3.06. The molecule has 160 valence electrons. The molecule has 0 bridgehead atoms. The Balaban J connectivity index is 1.87. The third-order valence-corrected chi connectivity index (χ3v) is 5.77. The number of benzene rings is 2. The van der Waals surface area contributed by atoms with Crippen molar-refractivity contribution in [2.45, 2.75) is 32.9 Å². The average molecular weight is 516 g/mol. The summed E-state index contributed by atoms with van der Waals surface area (Å²) in [5.74, 6) is 1.54. The molecule has 0 amide bonds. The van der Waals surface area contributed by atoms with E-state index in [1.165, 1.54) is 12.1 Å². The summed E-state index contributed by atoms with van der Waals surface area (Å²) in [7, 11) is 1.57. The van der Waals surface area contributed by atoms with Crippen molar-refractivity contribution < 1.29 is 13.9 Å². The van der Waals surface area contributed by atoms with Crippen molar-refractivity contribution in [3.63, 3.8) is 0 Å². The lowest BCUT2D eigenvalue weighted by atomic mass is 10.1. The number of hydrogen-bond donors (Lipinski definition) is 2. The number of aromatic nitrogens is 3. The Kier molecular flexibility index (Phi) is 7.74. The monoisotopic (exact) mass is 514 g/mol. The van der Waals surface area contributed by atoms with Crippen molar-refractivity contribution >= 4 is 39.7 Å². The van der Waals surface area contributed by atoms with Crippen LogP contribution in [0.25, 0.3) is 0 Å². The molecule has 0 spiro atoms. The maximum Gasteiger partial charge on any atom is 0.214 e. The summed E-state index contributed by atoms with van der Waals surface area (Å²) in [6.07, 6.45) is 1.72. The fourth-order valence-electron chi connectivity index (χ4n) is 2.90. The van der Waals surface area contributed by atoms with Crippen molar-refractivity contribution in [2.75, 3.05) is 12.5 Å². The van der Waals surface area contributed by atoms with Crippen molar-refractivity contribution in [1.82, 2.24) is 14.9 Å². The smallest absolute Gasteiger partial charge is 0.214 e. The number of aryl methyl sites for hydroxylation is 1. The van der Waals surface area contributed by atoms with E-state index in [-0.39, 0.29) is 6.61 Å². The quantitative estimate of drug-likeness (QED) is 0.354. The lowest BCUT2D eigenvalue weighted by molar-refractivity contribution is 0.281. The van der Waals surface area contributed by atoms with Gasteiger partial charge in [0.2, 0.25) is 4.77 Å². The van der Waals surface area contributed by atoms with E-state index >= 15 is 0 Å². The number of aromatic amines is 1. The molecule has 1 heterocycles. The minimum atomic E-state index is -0.395. The Morgan fingerprint density at radius 1 is 1.33 bits per heavy atom. The second-order valence-electron chi connectivity index (χ2n) is 6.45. The van der Waals surface area contributed by atoms with E-state index in [1.807, 2.05) is 6.07 Å². The lowest BCUT2D eigenvalue weighted by Gasteiger charge is -2.18. The van der Waals surface area contributed by atoms with E-state index in [2.05, 4.69) is 38.5 Å². The minimum absolute atomic E-state index is 0.158. The zero-order valence-electron chi connectivity index (χ0n) is 16.5. The molecule has 0 saturated heterocycles. The van der Waals surface area contributed by atoms with Crippen LogP contribution in [0.5, 0.6) is 11.5 Å². The second kappa shape index (κ2) is 10.3. The molecule has 0 aliphatic heterocycles. The van der Waals surface area contributed by atoms with Gasteiger partial charge >= 0.3 is 0 Å². The Labute approximate surface area is 192 Å². The summed E-state index contributed by atoms with van der Waals surface area (Å²) in [6, 6.07) is 7.90. The predicted octanol–water partition coefficient (Wildman–Crippen LogP) is 5.78. The van der Waals surface area contributed by atoms with Gasteiger partial charge in [0.15, 0.2) is 17.3 Å². The zero-order chi connectivity index (χ0) is 21.7. The third-order valence-electron chi connectivity index (χ3n) is 4.40. The van der Waals surface area contributed by atoms with Gasteiger partial charge in [-0.15, -0.1) is 0 Å². The third kappa shape index (κ3) is 5.14. The number of hydrogen-bond acceptors (Lipinski definition) is 5. The molecular formula is C20H21BrClFN4O2S. The molecule has 0 fully saturated rings. The van der Waals surface area contributed by atoms with Gasteiger partial charge in [0.25, 0.3) is 0 Å². The lowest BCUT2D eigenvalue weighted by Crippen LogP contribution is -2.18. The molecule has 2 aromatic carbocycles. The van der Waals surface area contributed by atoms with E-state index in [4.69, 9.17) is 33.3 Å². The summed E-state index contributed by atoms with van der Waals surface area (Å²) in [6.45, 7) is 2.63. The summed E-state index contributed by atoms with van der Waals surface area (Å²) in [5.41, 5.74) is 4.79. The molecule has 10 heteroatoms. The van der Waals surface area contributed by atoms with Crippen LogP contribution in [-0.2, 0) is 19.6 Å². The topological polar surface area (TPSA) is 64.1 Å². The first-order valence-electron chi connectivity index (χ1n) is 9.26. The standard InChI is InChI=1S/C20H21BrClFN4O2S/c1-3-4-18-25-26-20(30)27(18)24-10-14-15(21)7-8-17(28-2)19(14)29-11-12-5-6-13(23)9-16(12)22/h5-9,24H,3-4,10-11H2,1-2H3,(H,26,30). The first-order valence-corrected chi connectivity index (χ1v) is 10.8. The minimum Gasteiger partial charge on any atom is -0.493 e. The molecule has 0 atom stereocenters. The maximum absolute atomic E-state index is 13.3. The molecule has 0 aliphatic carbocycles. The van der Waals surface area contributed by atoms with Crippen LogP contribution in [0.1, 0.15) is 30.3 Å². The van der Waals surface area contributed by atoms with Crippen molar-refractivity contribution in [3.05, 3.63) is 67.4 Å². The van der Waals surface area contributed by atoms with Crippen LogP contribution in [0.3, 0.4) is 0 Å².